The Bertz CT molecular complexity index is 655. The van der Waals surface area contributed by atoms with Crippen LogP contribution in [0.2, 0.25) is 0 Å². The fourth-order valence-electron chi connectivity index (χ4n) is 1.97. The molecule has 1 aromatic carbocycles. The largest absolute Gasteiger partial charge is 0.467 e. The molecule has 0 aliphatic carbocycles. The number of benzene rings is 1. The molecular weight excluding hydrogens is 336 g/mol. The lowest BCUT2D eigenvalue weighted by atomic mass is 10.1. The highest BCUT2D eigenvalue weighted by molar-refractivity contribution is 5.88. The van der Waals surface area contributed by atoms with E-state index in [9.17, 15) is 23.2 Å². The fraction of sp³-hybridized carbons (Fsp3) is 0.471. The second kappa shape index (κ2) is 8.55. The van der Waals surface area contributed by atoms with Crippen LogP contribution < -0.4 is 5.32 Å². The number of carbonyl (C=O) groups excluding carboxylic acids is 3. The fourth-order valence-corrected chi connectivity index (χ4v) is 1.97. The number of hydrogen-bond donors (Lipinski definition) is 1. The molecule has 0 aliphatic rings. The van der Waals surface area contributed by atoms with Crippen LogP contribution in [-0.4, -0.2) is 36.6 Å². The molecule has 0 radical (unpaired) electrons. The Hall–Kier alpha value is -2.51. The first-order chi connectivity index (χ1) is 11.5. The minimum atomic E-state index is -1.27. The minimum Gasteiger partial charge on any atom is -0.467 e. The molecule has 0 unspecified atom stereocenters. The molecule has 0 spiro atoms. The lowest BCUT2D eigenvalue weighted by Crippen LogP contribution is -2.44. The Morgan fingerprint density at radius 3 is 2.36 bits per heavy atom. The summed E-state index contributed by atoms with van der Waals surface area (Å²) in [5.41, 5.74) is -0.793. The highest BCUT2D eigenvalue weighted by Gasteiger charge is 2.27. The summed E-state index contributed by atoms with van der Waals surface area (Å²) in [6.07, 6.45) is -0.852. The van der Waals surface area contributed by atoms with Gasteiger partial charge in [0, 0.05) is 6.07 Å². The molecule has 0 bridgehead atoms. The number of hydrogen-bond acceptors (Lipinski definition) is 5. The molecule has 1 N–H and O–H groups in total. The van der Waals surface area contributed by atoms with Gasteiger partial charge in [-0.2, -0.15) is 0 Å². The summed E-state index contributed by atoms with van der Waals surface area (Å²) in [6.45, 7) is 4.98. The van der Waals surface area contributed by atoms with Crippen LogP contribution >= 0.6 is 0 Å². The van der Waals surface area contributed by atoms with Gasteiger partial charge in [0.2, 0.25) is 5.91 Å². The number of esters is 2. The maximum Gasteiger partial charge on any atom is 0.328 e. The number of rotatable bonds is 6. The molecule has 6 nitrogen and oxygen atoms in total. The van der Waals surface area contributed by atoms with E-state index < -0.39 is 54.0 Å². The Morgan fingerprint density at radius 2 is 1.84 bits per heavy atom. The molecule has 1 aromatic rings. The van der Waals surface area contributed by atoms with Crippen LogP contribution in [0.1, 0.15) is 32.8 Å². The van der Waals surface area contributed by atoms with E-state index in [1.165, 1.54) is 0 Å². The van der Waals surface area contributed by atoms with Crippen LogP contribution in [-0.2, 0) is 30.3 Å². The van der Waals surface area contributed by atoms with E-state index in [1.54, 1.807) is 20.8 Å². The molecule has 0 saturated heterocycles. The number of carbonyl (C=O) groups is 3. The predicted molar refractivity (Wildman–Crippen MR) is 84.5 cm³/mol. The van der Waals surface area contributed by atoms with Crippen molar-refractivity contribution in [2.24, 2.45) is 0 Å². The molecule has 0 fully saturated rings. The molecule has 8 heteroatoms. The van der Waals surface area contributed by atoms with E-state index in [2.05, 4.69) is 10.1 Å². The summed E-state index contributed by atoms with van der Waals surface area (Å²) >= 11 is 0. The van der Waals surface area contributed by atoms with Crippen molar-refractivity contribution >= 4 is 17.8 Å². The first-order valence-corrected chi connectivity index (χ1v) is 7.55. The number of nitrogens with one attached hydrogen (secondary N) is 1. The lowest BCUT2D eigenvalue weighted by molar-refractivity contribution is -0.159. The van der Waals surface area contributed by atoms with Gasteiger partial charge in [-0.1, -0.05) is 6.07 Å². The smallest absolute Gasteiger partial charge is 0.328 e. The van der Waals surface area contributed by atoms with Gasteiger partial charge in [0.05, 0.1) is 20.0 Å². The van der Waals surface area contributed by atoms with E-state index in [0.29, 0.717) is 6.07 Å². The number of ether oxygens (including phenoxy) is 2. The Labute approximate surface area is 144 Å². The molecule has 0 heterocycles. The summed E-state index contributed by atoms with van der Waals surface area (Å²) in [5, 5.41) is 2.30. The molecule has 1 amide bonds. The van der Waals surface area contributed by atoms with Crippen LogP contribution in [0, 0.1) is 11.6 Å². The second-order valence-corrected chi connectivity index (χ2v) is 6.35. The van der Waals surface area contributed by atoms with Gasteiger partial charge >= 0.3 is 11.9 Å². The molecule has 1 atom stereocenters. The van der Waals surface area contributed by atoms with Crippen LogP contribution in [0.15, 0.2) is 18.2 Å². The second-order valence-electron chi connectivity index (χ2n) is 6.35. The van der Waals surface area contributed by atoms with Gasteiger partial charge in [0.1, 0.15) is 23.3 Å². The van der Waals surface area contributed by atoms with Crippen LogP contribution in [0.25, 0.3) is 0 Å². The van der Waals surface area contributed by atoms with Crippen molar-refractivity contribution in [3.05, 3.63) is 35.4 Å². The van der Waals surface area contributed by atoms with Gasteiger partial charge in [0.15, 0.2) is 0 Å². The normalized spacial score (nSPS) is 12.2. The molecule has 0 aliphatic heterocycles. The molecule has 0 saturated carbocycles. The first kappa shape index (κ1) is 20.5. The van der Waals surface area contributed by atoms with Crippen molar-refractivity contribution in [1.29, 1.82) is 0 Å². The average molecular weight is 357 g/mol. The van der Waals surface area contributed by atoms with E-state index in [0.717, 1.165) is 19.2 Å². The van der Waals surface area contributed by atoms with Crippen LogP contribution in [0.3, 0.4) is 0 Å². The van der Waals surface area contributed by atoms with Gasteiger partial charge in [-0.3, -0.25) is 9.59 Å². The third-order valence-corrected chi connectivity index (χ3v) is 2.98. The van der Waals surface area contributed by atoms with Crippen molar-refractivity contribution in [2.45, 2.75) is 45.3 Å². The van der Waals surface area contributed by atoms with E-state index in [1.807, 2.05) is 0 Å². The summed E-state index contributed by atoms with van der Waals surface area (Å²) in [6, 6.07) is 1.53. The maximum absolute atomic E-state index is 13.6. The third kappa shape index (κ3) is 7.28. The van der Waals surface area contributed by atoms with Gasteiger partial charge in [0.25, 0.3) is 0 Å². The highest BCUT2D eigenvalue weighted by Crippen LogP contribution is 2.12. The predicted octanol–water partition coefficient (Wildman–Crippen LogP) is 1.90. The minimum absolute atomic E-state index is 0.0419. The SMILES string of the molecule is COC(=O)[C@@H](CC(=O)OC(C)(C)C)NC(=O)Cc1ccc(F)cc1F. The van der Waals surface area contributed by atoms with E-state index in [-0.39, 0.29) is 5.56 Å². The summed E-state index contributed by atoms with van der Waals surface area (Å²) in [4.78, 5) is 35.6. The lowest BCUT2D eigenvalue weighted by Gasteiger charge is -2.22. The van der Waals surface area contributed by atoms with Gasteiger partial charge < -0.3 is 14.8 Å². The average Bonchev–Trinajstić information content (AvgIpc) is 2.46. The quantitative estimate of drug-likeness (QED) is 0.787. The monoisotopic (exact) mass is 357 g/mol. The van der Waals surface area contributed by atoms with Gasteiger partial charge in [-0.25, -0.2) is 13.6 Å². The van der Waals surface area contributed by atoms with Crippen LogP contribution in [0.5, 0.6) is 0 Å². The first-order valence-electron chi connectivity index (χ1n) is 7.55. The van der Waals surface area contributed by atoms with E-state index >= 15 is 0 Å². The zero-order valence-corrected chi connectivity index (χ0v) is 14.5. The number of amides is 1. The third-order valence-electron chi connectivity index (χ3n) is 2.98. The van der Waals surface area contributed by atoms with Crippen molar-refractivity contribution < 1.29 is 32.6 Å². The number of halogens is 2. The molecule has 0 aromatic heterocycles. The van der Waals surface area contributed by atoms with Crippen molar-refractivity contribution in [3.63, 3.8) is 0 Å². The Kier molecular flexibility index (Phi) is 7.02. The highest BCUT2D eigenvalue weighted by atomic mass is 19.1. The Balaban J connectivity index is 2.75. The van der Waals surface area contributed by atoms with Gasteiger partial charge in [-0.15, -0.1) is 0 Å². The molecule has 1 rings (SSSR count). The van der Waals surface area contributed by atoms with Crippen molar-refractivity contribution in [2.75, 3.05) is 7.11 Å². The van der Waals surface area contributed by atoms with Crippen LogP contribution in [0.4, 0.5) is 8.78 Å². The van der Waals surface area contributed by atoms with E-state index in [4.69, 9.17) is 4.74 Å². The summed E-state index contributed by atoms with van der Waals surface area (Å²) in [5.74, 6) is -3.89. The topological polar surface area (TPSA) is 81.7 Å². The van der Waals surface area contributed by atoms with Gasteiger partial charge in [-0.05, 0) is 32.4 Å². The maximum atomic E-state index is 13.6. The molecule has 25 heavy (non-hydrogen) atoms. The number of methoxy groups -OCH3 is 1. The zero-order valence-electron chi connectivity index (χ0n) is 14.5. The Morgan fingerprint density at radius 1 is 1.20 bits per heavy atom. The van der Waals surface area contributed by atoms with Crippen molar-refractivity contribution in [1.82, 2.24) is 5.32 Å². The van der Waals surface area contributed by atoms with Crippen molar-refractivity contribution in [3.8, 4) is 0 Å². The standard InChI is InChI=1S/C17H21F2NO5/c1-17(2,3)25-15(22)9-13(16(23)24-4)20-14(21)7-10-5-6-11(18)8-12(10)19/h5-6,8,13H,7,9H2,1-4H3,(H,20,21)/t13-/m1/s1. The summed E-state index contributed by atoms with van der Waals surface area (Å²) in [7, 11) is 1.11. The molecule has 138 valence electrons. The summed E-state index contributed by atoms with van der Waals surface area (Å²) < 4.78 is 36.1. The zero-order chi connectivity index (χ0) is 19.2. The molecular formula is C17H21F2NO5.